The molecule has 0 aliphatic rings. The number of aromatic nitrogens is 2. The first-order valence-corrected chi connectivity index (χ1v) is 6.95. The molecule has 102 valence electrons. The second kappa shape index (κ2) is 5.87. The highest BCUT2D eigenvalue weighted by Crippen LogP contribution is 2.27. The topological polar surface area (TPSA) is 37.8 Å². The van der Waals surface area contributed by atoms with Crippen molar-refractivity contribution in [2.75, 3.05) is 11.9 Å². The van der Waals surface area contributed by atoms with Crippen molar-refractivity contribution < 1.29 is 13.2 Å². The summed E-state index contributed by atoms with van der Waals surface area (Å²) in [5.74, 6) is 0.337. The van der Waals surface area contributed by atoms with Crippen molar-refractivity contribution in [1.82, 2.24) is 10.2 Å². The monoisotopic (exact) mass is 351 g/mol. The van der Waals surface area contributed by atoms with Gasteiger partial charge in [0, 0.05) is 11.4 Å². The van der Waals surface area contributed by atoms with Gasteiger partial charge in [-0.25, -0.2) is 0 Å². The molecule has 0 fully saturated rings. The van der Waals surface area contributed by atoms with E-state index < -0.39 is 11.9 Å². The van der Waals surface area contributed by atoms with E-state index in [9.17, 15) is 13.2 Å². The number of hydrogen-bond donors (Lipinski definition) is 1. The van der Waals surface area contributed by atoms with Crippen LogP contribution in [0.5, 0.6) is 0 Å². The summed E-state index contributed by atoms with van der Waals surface area (Å²) in [4.78, 5) is 1.18. The number of nitrogens with one attached hydrogen (secondary N) is 1. The molecule has 0 atom stereocenters. The van der Waals surface area contributed by atoms with E-state index in [1.54, 1.807) is 11.3 Å². The molecule has 2 aromatic heterocycles. The zero-order valence-corrected chi connectivity index (χ0v) is 11.9. The van der Waals surface area contributed by atoms with E-state index in [2.05, 4.69) is 31.4 Å². The molecule has 0 unspecified atom stereocenters. The summed E-state index contributed by atoms with van der Waals surface area (Å²) in [7, 11) is 0. The van der Waals surface area contributed by atoms with Crippen LogP contribution < -0.4 is 5.32 Å². The second-order valence-corrected chi connectivity index (χ2v) is 6.23. The fourth-order valence-electron chi connectivity index (χ4n) is 1.38. The van der Waals surface area contributed by atoms with Crippen LogP contribution in [0.25, 0.3) is 0 Å². The number of thiophene rings is 1. The average molecular weight is 352 g/mol. The number of hydrogen-bond acceptors (Lipinski definition) is 4. The van der Waals surface area contributed by atoms with E-state index in [1.807, 2.05) is 12.1 Å². The standard InChI is InChI=1S/C11H9BrF3N3S/c12-9-3-1-7(19-9)5-6-16-10-4-2-8(17-18-10)11(13,14)15/h1-4H,5-6H2,(H,16,18). The third kappa shape index (κ3) is 4.17. The van der Waals surface area contributed by atoms with E-state index in [1.165, 1.54) is 10.9 Å². The van der Waals surface area contributed by atoms with Gasteiger partial charge < -0.3 is 5.32 Å². The number of alkyl halides is 3. The van der Waals surface area contributed by atoms with Gasteiger partial charge in [-0.2, -0.15) is 13.2 Å². The van der Waals surface area contributed by atoms with Crippen molar-refractivity contribution in [3.63, 3.8) is 0 Å². The maximum absolute atomic E-state index is 12.3. The van der Waals surface area contributed by atoms with Crippen molar-refractivity contribution in [3.05, 3.63) is 38.6 Å². The van der Waals surface area contributed by atoms with Gasteiger partial charge in [-0.15, -0.1) is 21.5 Å². The number of anilines is 1. The molecular formula is C11H9BrF3N3S. The Morgan fingerprint density at radius 2 is 1.95 bits per heavy atom. The predicted octanol–water partition coefficient (Wildman–Crippen LogP) is 3.97. The quantitative estimate of drug-likeness (QED) is 0.905. The van der Waals surface area contributed by atoms with Crippen molar-refractivity contribution in [2.45, 2.75) is 12.6 Å². The summed E-state index contributed by atoms with van der Waals surface area (Å²) in [5.41, 5.74) is -0.986. The average Bonchev–Trinajstić information content (AvgIpc) is 2.75. The van der Waals surface area contributed by atoms with Crippen LogP contribution in [-0.4, -0.2) is 16.7 Å². The summed E-state index contributed by atoms with van der Waals surface area (Å²) in [5, 5.41) is 9.56. The van der Waals surface area contributed by atoms with Gasteiger partial charge in [-0.3, -0.25) is 0 Å². The lowest BCUT2D eigenvalue weighted by Crippen LogP contribution is -2.11. The van der Waals surface area contributed by atoms with E-state index in [0.29, 0.717) is 12.4 Å². The van der Waals surface area contributed by atoms with Gasteiger partial charge in [0.15, 0.2) is 5.69 Å². The highest BCUT2D eigenvalue weighted by molar-refractivity contribution is 9.11. The molecule has 2 rings (SSSR count). The molecule has 0 aliphatic carbocycles. The third-order valence-electron chi connectivity index (χ3n) is 2.26. The Labute approximate surface area is 120 Å². The van der Waals surface area contributed by atoms with Gasteiger partial charge in [0.05, 0.1) is 3.79 Å². The highest BCUT2D eigenvalue weighted by Gasteiger charge is 2.32. The van der Waals surface area contributed by atoms with Crippen molar-refractivity contribution >= 4 is 33.1 Å². The number of rotatable bonds is 4. The number of halogens is 4. The molecule has 0 bridgehead atoms. The van der Waals surface area contributed by atoms with Gasteiger partial charge in [0.1, 0.15) is 5.82 Å². The minimum atomic E-state index is -4.45. The molecule has 0 radical (unpaired) electrons. The molecule has 2 aromatic rings. The Bertz CT molecular complexity index is 539. The van der Waals surface area contributed by atoms with E-state index in [0.717, 1.165) is 16.3 Å². The Kier molecular flexibility index (Phi) is 4.41. The van der Waals surface area contributed by atoms with Gasteiger partial charge >= 0.3 is 6.18 Å². The molecule has 2 heterocycles. The summed E-state index contributed by atoms with van der Waals surface area (Å²) in [6, 6.07) is 6.14. The lowest BCUT2D eigenvalue weighted by Gasteiger charge is -2.06. The minimum Gasteiger partial charge on any atom is -0.368 e. The van der Waals surface area contributed by atoms with Crippen molar-refractivity contribution in [3.8, 4) is 0 Å². The van der Waals surface area contributed by atoms with E-state index in [-0.39, 0.29) is 0 Å². The van der Waals surface area contributed by atoms with Gasteiger partial charge in [-0.1, -0.05) is 0 Å². The molecule has 0 amide bonds. The zero-order valence-electron chi connectivity index (χ0n) is 9.54. The van der Waals surface area contributed by atoms with Crippen LogP contribution in [0.2, 0.25) is 0 Å². The fourth-order valence-corrected chi connectivity index (χ4v) is 2.86. The SMILES string of the molecule is FC(F)(F)c1ccc(NCCc2ccc(Br)s2)nn1. The lowest BCUT2D eigenvalue weighted by atomic mass is 10.3. The van der Waals surface area contributed by atoms with Crippen LogP contribution in [0.4, 0.5) is 19.0 Å². The summed E-state index contributed by atoms with van der Waals surface area (Å²) in [6.45, 7) is 0.590. The lowest BCUT2D eigenvalue weighted by molar-refractivity contribution is -0.141. The van der Waals surface area contributed by atoms with E-state index >= 15 is 0 Å². The Hall–Kier alpha value is -1.15. The van der Waals surface area contributed by atoms with E-state index in [4.69, 9.17) is 0 Å². The predicted molar refractivity (Wildman–Crippen MR) is 71.2 cm³/mol. The van der Waals surface area contributed by atoms with Crippen LogP contribution in [0.1, 0.15) is 10.6 Å². The maximum Gasteiger partial charge on any atom is 0.435 e. The first kappa shape index (κ1) is 14.3. The minimum absolute atomic E-state index is 0.337. The molecule has 8 heteroatoms. The summed E-state index contributed by atoms with van der Waals surface area (Å²) in [6.07, 6.45) is -3.67. The maximum atomic E-state index is 12.3. The van der Waals surface area contributed by atoms with Crippen molar-refractivity contribution in [1.29, 1.82) is 0 Å². The third-order valence-corrected chi connectivity index (χ3v) is 3.94. The second-order valence-electron chi connectivity index (χ2n) is 3.68. The molecule has 0 saturated heterocycles. The summed E-state index contributed by atoms with van der Waals surface area (Å²) < 4.78 is 37.9. The first-order valence-electron chi connectivity index (χ1n) is 5.34. The first-order chi connectivity index (χ1) is 8.95. The normalized spacial score (nSPS) is 11.6. The molecule has 1 N–H and O–H groups in total. The van der Waals surface area contributed by atoms with Crippen molar-refractivity contribution in [2.24, 2.45) is 0 Å². The molecule has 0 saturated carbocycles. The Morgan fingerprint density at radius 1 is 1.16 bits per heavy atom. The van der Waals surface area contributed by atoms with Crippen LogP contribution in [0, 0.1) is 0 Å². The fraction of sp³-hybridized carbons (Fsp3) is 0.273. The van der Waals surface area contributed by atoms with Crippen LogP contribution in [-0.2, 0) is 12.6 Å². The van der Waals surface area contributed by atoms with Gasteiger partial charge in [0.25, 0.3) is 0 Å². The van der Waals surface area contributed by atoms with Crippen LogP contribution in [0.15, 0.2) is 28.1 Å². The van der Waals surface area contributed by atoms with Gasteiger partial charge in [-0.05, 0) is 46.6 Å². The molecule has 0 aliphatic heterocycles. The Balaban J connectivity index is 1.86. The number of nitrogens with zero attached hydrogens (tertiary/aromatic N) is 2. The molecule has 0 aromatic carbocycles. The van der Waals surface area contributed by atoms with Crippen LogP contribution >= 0.6 is 27.3 Å². The van der Waals surface area contributed by atoms with Crippen LogP contribution in [0.3, 0.4) is 0 Å². The smallest absolute Gasteiger partial charge is 0.368 e. The molecular weight excluding hydrogens is 343 g/mol. The molecule has 19 heavy (non-hydrogen) atoms. The zero-order chi connectivity index (χ0) is 13.9. The Morgan fingerprint density at radius 3 is 2.47 bits per heavy atom. The highest BCUT2D eigenvalue weighted by atomic mass is 79.9. The largest absolute Gasteiger partial charge is 0.435 e. The summed E-state index contributed by atoms with van der Waals surface area (Å²) >= 11 is 4.99. The van der Waals surface area contributed by atoms with Gasteiger partial charge in [0.2, 0.25) is 0 Å². The molecule has 3 nitrogen and oxygen atoms in total. The molecule has 0 spiro atoms.